The van der Waals surface area contributed by atoms with Crippen molar-refractivity contribution in [3.05, 3.63) is 11.7 Å². The van der Waals surface area contributed by atoms with E-state index in [1.165, 1.54) is 0 Å². The van der Waals surface area contributed by atoms with Crippen molar-refractivity contribution in [2.45, 2.75) is 46.5 Å². The van der Waals surface area contributed by atoms with Crippen molar-refractivity contribution in [1.29, 1.82) is 0 Å². The first kappa shape index (κ1) is 16.6. The fourth-order valence-electron chi connectivity index (χ4n) is 2.19. The molecule has 0 aliphatic rings. The predicted octanol–water partition coefficient (Wildman–Crippen LogP) is 1.44. The molecular weight excluding hydrogens is 256 g/mol. The second kappa shape index (κ2) is 8.68. The summed E-state index contributed by atoms with van der Waals surface area (Å²) in [5, 5.41) is 6.67. The molecule has 0 aromatic carbocycles. The maximum Gasteiger partial charge on any atom is 0.223 e. The summed E-state index contributed by atoms with van der Waals surface area (Å²) in [5.74, 6) is 2.34. The van der Waals surface area contributed by atoms with Crippen LogP contribution in [0.25, 0.3) is 0 Å². The molecule has 1 atom stereocenters. The van der Waals surface area contributed by atoms with Crippen molar-refractivity contribution < 1.29 is 9.32 Å². The van der Waals surface area contributed by atoms with Crippen LogP contribution in [0.2, 0.25) is 0 Å². The fourth-order valence-corrected chi connectivity index (χ4v) is 2.19. The Balaban J connectivity index is 2.19. The van der Waals surface area contributed by atoms with Gasteiger partial charge in [-0.2, -0.15) is 4.98 Å². The smallest absolute Gasteiger partial charge is 0.223 e. The fraction of sp³-hybridized carbons (Fsp3) is 0.786. The lowest BCUT2D eigenvalue weighted by Gasteiger charge is -2.19. The summed E-state index contributed by atoms with van der Waals surface area (Å²) < 4.78 is 4.87. The van der Waals surface area contributed by atoms with E-state index >= 15 is 0 Å². The molecule has 114 valence electrons. The number of nitrogens with two attached hydrogens (primary N) is 1. The van der Waals surface area contributed by atoms with Gasteiger partial charge in [0.1, 0.15) is 0 Å². The van der Waals surface area contributed by atoms with Crippen LogP contribution in [0.4, 0.5) is 0 Å². The SMILES string of the molecule is Cc1nc(CCNC(=O)CCC(CCN)C(C)C)no1. The second-order valence-corrected chi connectivity index (χ2v) is 5.45. The Morgan fingerprint density at radius 3 is 2.70 bits per heavy atom. The van der Waals surface area contributed by atoms with Gasteiger partial charge in [0.25, 0.3) is 0 Å². The Kier molecular flexibility index (Phi) is 7.22. The number of nitrogens with zero attached hydrogens (tertiary/aromatic N) is 2. The Labute approximate surface area is 120 Å². The topological polar surface area (TPSA) is 94.0 Å². The summed E-state index contributed by atoms with van der Waals surface area (Å²) in [6.45, 7) is 7.33. The summed E-state index contributed by atoms with van der Waals surface area (Å²) in [6.07, 6.45) is 3.02. The summed E-state index contributed by atoms with van der Waals surface area (Å²) in [4.78, 5) is 15.8. The maximum absolute atomic E-state index is 11.8. The normalized spacial score (nSPS) is 12.7. The number of rotatable bonds is 9. The van der Waals surface area contributed by atoms with Gasteiger partial charge in [-0.05, 0) is 31.2 Å². The number of carbonyl (C=O) groups is 1. The van der Waals surface area contributed by atoms with Crippen molar-refractivity contribution in [3.63, 3.8) is 0 Å². The zero-order valence-electron chi connectivity index (χ0n) is 12.7. The molecule has 0 spiro atoms. The molecule has 0 bridgehead atoms. The van der Waals surface area contributed by atoms with E-state index in [0.717, 1.165) is 12.8 Å². The minimum absolute atomic E-state index is 0.0767. The molecule has 1 amide bonds. The molecule has 0 aliphatic heterocycles. The molecule has 1 aromatic rings. The van der Waals surface area contributed by atoms with Gasteiger partial charge in [0, 0.05) is 26.3 Å². The third-order valence-corrected chi connectivity index (χ3v) is 3.46. The highest BCUT2D eigenvalue weighted by Gasteiger charge is 2.14. The van der Waals surface area contributed by atoms with Gasteiger partial charge in [0.15, 0.2) is 5.82 Å². The first-order chi connectivity index (χ1) is 9.52. The number of aromatic nitrogens is 2. The largest absolute Gasteiger partial charge is 0.356 e. The number of hydrogen-bond acceptors (Lipinski definition) is 5. The summed E-state index contributed by atoms with van der Waals surface area (Å²) in [5.41, 5.74) is 5.60. The molecule has 6 nitrogen and oxygen atoms in total. The van der Waals surface area contributed by atoms with E-state index in [2.05, 4.69) is 29.3 Å². The zero-order chi connectivity index (χ0) is 15.0. The van der Waals surface area contributed by atoms with Gasteiger partial charge >= 0.3 is 0 Å². The van der Waals surface area contributed by atoms with E-state index in [1.807, 2.05) is 0 Å². The molecule has 1 rings (SSSR count). The Morgan fingerprint density at radius 1 is 1.40 bits per heavy atom. The molecule has 0 fully saturated rings. The van der Waals surface area contributed by atoms with Crippen LogP contribution in [0.3, 0.4) is 0 Å². The molecule has 0 radical (unpaired) electrons. The summed E-state index contributed by atoms with van der Waals surface area (Å²) in [6, 6.07) is 0. The van der Waals surface area contributed by atoms with Crippen molar-refractivity contribution in [1.82, 2.24) is 15.5 Å². The van der Waals surface area contributed by atoms with E-state index in [4.69, 9.17) is 10.3 Å². The van der Waals surface area contributed by atoms with E-state index < -0.39 is 0 Å². The van der Waals surface area contributed by atoms with Crippen molar-refractivity contribution in [3.8, 4) is 0 Å². The van der Waals surface area contributed by atoms with Gasteiger partial charge in [0.2, 0.25) is 11.8 Å². The number of aryl methyl sites for hydroxylation is 1. The summed E-state index contributed by atoms with van der Waals surface area (Å²) >= 11 is 0. The number of hydrogen-bond donors (Lipinski definition) is 2. The average molecular weight is 282 g/mol. The lowest BCUT2D eigenvalue weighted by Crippen LogP contribution is -2.27. The third kappa shape index (κ3) is 6.14. The highest BCUT2D eigenvalue weighted by Crippen LogP contribution is 2.20. The zero-order valence-corrected chi connectivity index (χ0v) is 12.7. The lowest BCUT2D eigenvalue weighted by molar-refractivity contribution is -0.121. The molecule has 3 N–H and O–H groups in total. The van der Waals surface area contributed by atoms with E-state index in [9.17, 15) is 4.79 Å². The molecule has 6 heteroatoms. The van der Waals surface area contributed by atoms with Gasteiger partial charge in [0.05, 0.1) is 0 Å². The molecular formula is C14H26N4O2. The predicted molar refractivity (Wildman–Crippen MR) is 77.0 cm³/mol. The highest BCUT2D eigenvalue weighted by atomic mass is 16.5. The lowest BCUT2D eigenvalue weighted by atomic mass is 9.88. The van der Waals surface area contributed by atoms with Crippen LogP contribution < -0.4 is 11.1 Å². The standard InChI is InChI=1S/C14H26N4O2/c1-10(2)12(6-8-15)4-5-14(19)16-9-7-13-17-11(3)20-18-13/h10,12H,4-9,15H2,1-3H3,(H,16,19). The third-order valence-electron chi connectivity index (χ3n) is 3.46. The van der Waals surface area contributed by atoms with Gasteiger partial charge in [-0.1, -0.05) is 19.0 Å². The monoisotopic (exact) mass is 282 g/mol. The first-order valence-corrected chi connectivity index (χ1v) is 7.29. The van der Waals surface area contributed by atoms with Gasteiger partial charge in [-0.15, -0.1) is 0 Å². The van der Waals surface area contributed by atoms with E-state index in [-0.39, 0.29) is 5.91 Å². The minimum Gasteiger partial charge on any atom is -0.356 e. The first-order valence-electron chi connectivity index (χ1n) is 7.29. The van der Waals surface area contributed by atoms with Crippen LogP contribution >= 0.6 is 0 Å². The summed E-state index contributed by atoms with van der Waals surface area (Å²) in [7, 11) is 0. The Bertz CT molecular complexity index is 404. The van der Waals surface area contributed by atoms with Crippen LogP contribution in [0.15, 0.2) is 4.52 Å². The van der Waals surface area contributed by atoms with Gasteiger partial charge in [-0.3, -0.25) is 4.79 Å². The molecule has 0 saturated carbocycles. The highest BCUT2D eigenvalue weighted by molar-refractivity contribution is 5.75. The van der Waals surface area contributed by atoms with Crippen LogP contribution in [-0.2, 0) is 11.2 Å². The molecule has 0 saturated heterocycles. The van der Waals surface area contributed by atoms with Gasteiger partial charge < -0.3 is 15.6 Å². The molecule has 1 unspecified atom stereocenters. The van der Waals surface area contributed by atoms with Crippen LogP contribution in [0.5, 0.6) is 0 Å². The minimum atomic E-state index is 0.0767. The second-order valence-electron chi connectivity index (χ2n) is 5.45. The number of nitrogens with one attached hydrogen (secondary N) is 1. The molecule has 1 heterocycles. The molecule has 0 aliphatic carbocycles. The van der Waals surface area contributed by atoms with Crippen molar-refractivity contribution >= 4 is 5.91 Å². The average Bonchev–Trinajstić information content (AvgIpc) is 2.80. The number of amides is 1. The number of carbonyl (C=O) groups excluding carboxylic acids is 1. The molecule has 20 heavy (non-hydrogen) atoms. The van der Waals surface area contributed by atoms with E-state index in [1.54, 1.807) is 6.92 Å². The van der Waals surface area contributed by atoms with Crippen molar-refractivity contribution in [2.24, 2.45) is 17.6 Å². The maximum atomic E-state index is 11.8. The van der Waals surface area contributed by atoms with Crippen molar-refractivity contribution in [2.75, 3.05) is 13.1 Å². The Morgan fingerprint density at radius 2 is 2.15 bits per heavy atom. The van der Waals surface area contributed by atoms with E-state index in [0.29, 0.717) is 49.5 Å². The Hall–Kier alpha value is -1.43. The van der Waals surface area contributed by atoms with Crippen LogP contribution in [-0.4, -0.2) is 29.1 Å². The quantitative estimate of drug-likeness (QED) is 0.714. The van der Waals surface area contributed by atoms with Gasteiger partial charge in [-0.25, -0.2) is 0 Å². The van der Waals surface area contributed by atoms with Crippen LogP contribution in [0, 0.1) is 18.8 Å². The van der Waals surface area contributed by atoms with Crippen LogP contribution in [0.1, 0.15) is 44.8 Å². The molecule has 1 aromatic heterocycles.